The number of aromatic nitrogens is 3. The van der Waals surface area contributed by atoms with Crippen LogP contribution in [0, 0.1) is 11.3 Å². The highest BCUT2D eigenvalue weighted by Crippen LogP contribution is 2.38. The fourth-order valence-electron chi connectivity index (χ4n) is 2.86. The van der Waals surface area contributed by atoms with Crippen molar-refractivity contribution >= 4 is 40.9 Å². The molecule has 0 amide bonds. The highest BCUT2D eigenvalue weighted by Gasteiger charge is 2.18. The lowest BCUT2D eigenvalue weighted by Crippen LogP contribution is -2.15. The first-order valence-corrected chi connectivity index (χ1v) is 11.9. The molecular weight excluding hydrogens is 387 g/mol. The van der Waals surface area contributed by atoms with E-state index in [4.69, 9.17) is 4.74 Å². The van der Waals surface area contributed by atoms with E-state index in [0.717, 1.165) is 11.7 Å². The highest BCUT2D eigenvalue weighted by atomic mass is 31.2. The number of hydrogen-bond donors (Lipinski definition) is 3. The van der Waals surface area contributed by atoms with Gasteiger partial charge in [-0.3, -0.25) is 0 Å². The lowest BCUT2D eigenvalue weighted by atomic mass is 10.2. The smallest absolute Gasteiger partial charge is 0.231 e. The zero-order valence-corrected chi connectivity index (χ0v) is 18.1. The van der Waals surface area contributed by atoms with Gasteiger partial charge in [0.05, 0.1) is 23.7 Å². The van der Waals surface area contributed by atoms with Gasteiger partial charge in [0.25, 0.3) is 0 Å². The number of nitrogens with one attached hydrogen (secondary N) is 3. The number of aromatic amines is 1. The molecule has 0 saturated heterocycles. The molecule has 0 fully saturated rings. The van der Waals surface area contributed by atoms with Gasteiger partial charge in [-0.1, -0.05) is 6.92 Å². The summed E-state index contributed by atoms with van der Waals surface area (Å²) in [5.74, 6) is 1.50. The maximum atomic E-state index is 12.4. The summed E-state index contributed by atoms with van der Waals surface area (Å²) in [7, 11) is -0.846. The second-order valence-corrected chi connectivity index (χ2v) is 10.5. The fraction of sp³-hybridized carbons (Fsp3) is 0.350. The normalized spacial score (nSPS) is 12.4. The molecule has 3 aromatic rings. The minimum Gasteiger partial charge on any atom is -0.495 e. The molecule has 3 rings (SSSR count). The Labute approximate surface area is 170 Å². The number of anilines is 3. The summed E-state index contributed by atoms with van der Waals surface area (Å²) in [5, 5.41) is 17.3. The van der Waals surface area contributed by atoms with Gasteiger partial charge in [-0.05, 0) is 44.9 Å². The van der Waals surface area contributed by atoms with E-state index in [2.05, 4.69) is 45.5 Å². The van der Waals surface area contributed by atoms with E-state index < -0.39 is 7.14 Å². The molecule has 3 N–H and O–H groups in total. The van der Waals surface area contributed by atoms with Crippen LogP contribution in [0.25, 0.3) is 11.0 Å². The summed E-state index contributed by atoms with van der Waals surface area (Å²) in [4.78, 5) is 12.1. The summed E-state index contributed by atoms with van der Waals surface area (Å²) >= 11 is 0. The van der Waals surface area contributed by atoms with Crippen molar-refractivity contribution in [3.8, 4) is 11.8 Å². The van der Waals surface area contributed by atoms with E-state index in [1.54, 1.807) is 38.8 Å². The summed E-state index contributed by atoms with van der Waals surface area (Å²) in [6.07, 6.45) is 2.53. The first-order chi connectivity index (χ1) is 13.8. The first kappa shape index (κ1) is 20.7. The Morgan fingerprint density at radius 3 is 2.72 bits per heavy atom. The zero-order chi connectivity index (χ0) is 21.2. The Balaban J connectivity index is 2.05. The van der Waals surface area contributed by atoms with Gasteiger partial charge in [0, 0.05) is 17.5 Å². The van der Waals surface area contributed by atoms with E-state index in [0.29, 0.717) is 39.8 Å². The van der Waals surface area contributed by atoms with Crippen molar-refractivity contribution in [1.82, 2.24) is 15.0 Å². The Morgan fingerprint density at radius 2 is 2.10 bits per heavy atom. The van der Waals surface area contributed by atoms with Crippen LogP contribution in [0.2, 0.25) is 0 Å². The molecule has 8 nitrogen and oxygen atoms in total. The molecule has 0 aliphatic carbocycles. The zero-order valence-electron chi connectivity index (χ0n) is 17.2. The monoisotopic (exact) mass is 412 g/mol. The standard InChI is InChI=1S/C20H25N6O2P/c1-6-12(2)23-19-17-13(10-21)11-22-18(17)25-20(26-19)24-15-8-7-14(29(4,5)27)9-16(15)28-3/h7-9,11-12H,6H2,1-5H3,(H3,22,23,24,25,26)/t12-/m1/s1. The van der Waals surface area contributed by atoms with Gasteiger partial charge >= 0.3 is 0 Å². The Morgan fingerprint density at radius 1 is 1.34 bits per heavy atom. The molecule has 2 aromatic heterocycles. The van der Waals surface area contributed by atoms with Crippen LogP contribution in [-0.4, -0.2) is 41.4 Å². The summed E-state index contributed by atoms with van der Waals surface area (Å²) in [5.41, 5.74) is 1.71. The van der Waals surface area contributed by atoms with Crippen LogP contribution in [0.15, 0.2) is 24.4 Å². The van der Waals surface area contributed by atoms with E-state index in [9.17, 15) is 9.83 Å². The molecule has 1 atom stereocenters. The number of nitrogens with zero attached hydrogens (tertiary/aromatic N) is 3. The molecule has 0 bridgehead atoms. The van der Waals surface area contributed by atoms with Crippen LogP contribution < -0.4 is 20.7 Å². The van der Waals surface area contributed by atoms with E-state index >= 15 is 0 Å². The summed E-state index contributed by atoms with van der Waals surface area (Å²) in [6.45, 7) is 7.56. The highest BCUT2D eigenvalue weighted by molar-refractivity contribution is 7.70. The molecule has 152 valence electrons. The number of nitriles is 1. The van der Waals surface area contributed by atoms with Crippen molar-refractivity contribution in [3.63, 3.8) is 0 Å². The van der Waals surface area contributed by atoms with Gasteiger partial charge in [0.2, 0.25) is 5.95 Å². The molecule has 0 unspecified atom stereocenters. The second-order valence-electron chi connectivity index (χ2n) is 7.25. The number of fused-ring (bicyclic) bond motifs is 1. The minimum absolute atomic E-state index is 0.180. The van der Waals surface area contributed by atoms with Crippen LogP contribution in [-0.2, 0) is 4.57 Å². The summed E-state index contributed by atoms with van der Waals surface area (Å²) < 4.78 is 17.8. The predicted molar refractivity (Wildman–Crippen MR) is 117 cm³/mol. The average molecular weight is 412 g/mol. The van der Waals surface area contributed by atoms with Gasteiger partial charge in [-0.2, -0.15) is 15.2 Å². The topological polar surface area (TPSA) is 116 Å². The maximum absolute atomic E-state index is 12.4. The van der Waals surface area contributed by atoms with Crippen molar-refractivity contribution < 1.29 is 9.30 Å². The van der Waals surface area contributed by atoms with Crippen LogP contribution in [0.3, 0.4) is 0 Å². The number of methoxy groups -OCH3 is 1. The van der Waals surface area contributed by atoms with Crippen molar-refractivity contribution in [2.45, 2.75) is 26.3 Å². The minimum atomic E-state index is -2.41. The molecule has 9 heteroatoms. The van der Waals surface area contributed by atoms with Gasteiger partial charge < -0.3 is 24.9 Å². The number of benzene rings is 1. The van der Waals surface area contributed by atoms with Crippen molar-refractivity contribution in [3.05, 3.63) is 30.0 Å². The number of hydrogen-bond acceptors (Lipinski definition) is 7. The molecule has 1 aromatic carbocycles. The third-order valence-corrected chi connectivity index (χ3v) is 6.22. The lowest BCUT2D eigenvalue weighted by molar-refractivity contribution is 0.417. The average Bonchev–Trinajstić information content (AvgIpc) is 3.10. The van der Waals surface area contributed by atoms with Crippen molar-refractivity contribution in [2.75, 3.05) is 31.1 Å². The quantitative estimate of drug-likeness (QED) is 0.502. The van der Waals surface area contributed by atoms with E-state index in [-0.39, 0.29) is 6.04 Å². The van der Waals surface area contributed by atoms with Gasteiger partial charge in [0.1, 0.15) is 30.4 Å². The predicted octanol–water partition coefficient (Wildman–Crippen LogP) is 4.04. The van der Waals surface area contributed by atoms with Gasteiger partial charge in [-0.25, -0.2) is 0 Å². The second kappa shape index (κ2) is 8.14. The van der Waals surface area contributed by atoms with Crippen LogP contribution in [0.1, 0.15) is 25.8 Å². The van der Waals surface area contributed by atoms with Crippen LogP contribution in [0.5, 0.6) is 5.75 Å². The van der Waals surface area contributed by atoms with Crippen molar-refractivity contribution in [2.24, 2.45) is 0 Å². The van der Waals surface area contributed by atoms with E-state index in [1.807, 2.05) is 6.07 Å². The molecule has 0 saturated carbocycles. The lowest BCUT2D eigenvalue weighted by Gasteiger charge is -2.16. The van der Waals surface area contributed by atoms with Crippen molar-refractivity contribution in [1.29, 1.82) is 5.26 Å². The van der Waals surface area contributed by atoms with Gasteiger partial charge in [0.15, 0.2) is 0 Å². The maximum Gasteiger partial charge on any atom is 0.231 e. The van der Waals surface area contributed by atoms with E-state index in [1.165, 1.54) is 0 Å². The largest absolute Gasteiger partial charge is 0.495 e. The summed E-state index contributed by atoms with van der Waals surface area (Å²) in [6, 6.07) is 7.73. The molecular formula is C20H25N6O2P. The molecule has 0 radical (unpaired) electrons. The molecule has 29 heavy (non-hydrogen) atoms. The van der Waals surface area contributed by atoms with Crippen LogP contribution >= 0.6 is 7.14 Å². The molecule has 0 spiro atoms. The fourth-order valence-corrected chi connectivity index (χ4v) is 3.72. The number of ether oxygens (including phenoxy) is 1. The Bertz CT molecular complexity index is 1130. The molecule has 0 aliphatic rings. The third-order valence-electron chi connectivity index (χ3n) is 4.70. The van der Waals surface area contributed by atoms with Crippen LogP contribution in [0.4, 0.5) is 17.5 Å². The first-order valence-electron chi connectivity index (χ1n) is 9.33. The number of H-pyrrole nitrogens is 1. The Hall–Kier alpha value is -3.04. The van der Waals surface area contributed by atoms with Gasteiger partial charge in [-0.15, -0.1) is 0 Å². The third kappa shape index (κ3) is 4.36. The SMILES string of the molecule is CC[C@@H](C)Nc1nc(Nc2ccc(P(C)(C)=O)cc2OC)nc2[nH]cc(C#N)c12. The number of rotatable bonds is 7. The molecule has 2 heterocycles. The Kier molecular flexibility index (Phi) is 5.81. The molecule has 0 aliphatic heterocycles.